The van der Waals surface area contributed by atoms with Crippen LogP contribution in [0.25, 0.3) is 11.3 Å². The van der Waals surface area contributed by atoms with Crippen molar-refractivity contribution in [3.05, 3.63) is 59.5 Å². The Labute approximate surface area is 145 Å². The van der Waals surface area contributed by atoms with E-state index in [0.717, 1.165) is 17.0 Å². The second-order valence-electron chi connectivity index (χ2n) is 5.65. The molecule has 1 amide bonds. The second-order valence-corrected chi connectivity index (χ2v) is 5.65. The Bertz CT molecular complexity index is 890. The van der Waals surface area contributed by atoms with E-state index in [2.05, 4.69) is 25.3 Å². The molecule has 0 aliphatic rings. The van der Waals surface area contributed by atoms with Crippen molar-refractivity contribution in [2.75, 3.05) is 6.54 Å². The van der Waals surface area contributed by atoms with Crippen LogP contribution < -0.4 is 5.32 Å². The van der Waals surface area contributed by atoms with Crippen LogP contribution in [0.1, 0.15) is 33.7 Å². The van der Waals surface area contributed by atoms with Gasteiger partial charge in [0.1, 0.15) is 5.82 Å². The van der Waals surface area contributed by atoms with Crippen molar-refractivity contribution in [2.24, 2.45) is 0 Å². The van der Waals surface area contributed by atoms with Crippen LogP contribution in [0, 0.1) is 20.8 Å². The fourth-order valence-electron chi connectivity index (χ4n) is 2.56. The summed E-state index contributed by atoms with van der Waals surface area (Å²) in [5, 5.41) is 2.85. The molecule has 3 aromatic rings. The van der Waals surface area contributed by atoms with Gasteiger partial charge in [0.15, 0.2) is 5.89 Å². The summed E-state index contributed by atoms with van der Waals surface area (Å²) < 4.78 is 5.33. The summed E-state index contributed by atoms with van der Waals surface area (Å²) in [7, 11) is 0. The van der Waals surface area contributed by atoms with Gasteiger partial charge < -0.3 is 9.73 Å². The van der Waals surface area contributed by atoms with Crippen LogP contribution in [0.3, 0.4) is 0 Å². The Kier molecular flexibility index (Phi) is 4.83. The maximum atomic E-state index is 12.2. The predicted molar refractivity (Wildman–Crippen MR) is 92.0 cm³/mol. The molecule has 3 aromatic heterocycles. The molecule has 0 spiro atoms. The minimum absolute atomic E-state index is 0.251. The topological polar surface area (TPSA) is 93.8 Å². The van der Waals surface area contributed by atoms with Crippen LogP contribution in [-0.2, 0) is 6.42 Å². The summed E-state index contributed by atoms with van der Waals surface area (Å²) in [6.07, 6.45) is 4.06. The average molecular weight is 337 g/mol. The minimum atomic E-state index is -0.275. The number of carbonyl (C=O) groups excluding carboxylic acids is 1. The summed E-state index contributed by atoms with van der Waals surface area (Å²) in [6.45, 7) is 5.73. The van der Waals surface area contributed by atoms with Gasteiger partial charge in [0.05, 0.1) is 17.1 Å². The lowest BCUT2D eigenvalue weighted by Gasteiger charge is -2.09. The van der Waals surface area contributed by atoms with E-state index in [1.165, 1.54) is 0 Å². The number of carbonyl (C=O) groups is 1. The molecule has 25 heavy (non-hydrogen) atoms. The van der Waals surface area contributed by atoms with E-state index in [9.17, 15) is 4.79 Å². The van der Waals surface area contributed by atoms with E-state index in [-0.39, 0.29) is 11.7 Å². The first-order valence-electron chi connectivity index (χ1n) is 8.00. The molecule has 0 atom stereocenters. The normalized spacial score (nSPS) is 10.7. The molecule has 128 valence electrons. The summed E-state index contributed by atoms with van der Waals surface area (Å²) >= 11 is 0. The zero-order chi connectivity index (χ0) is 17.8. The highest BCUT2D eigenvalue weighted by Crippen LogP contribution is 2.19. The van der Waals surface area contributed by atoms with Crippen molar-refractivity contribution >= 4 is 5.91 Å². The van der Waals surface area contributed by atoms with E-state index < -0.39 is 0 Å². The molecule has 3 rings (SSSR count). The Morgan fingerprint density at radius 2 is 2.00 bits per heavy atom. The van der Waals surface area contributed by atoms with Crippen LogP contribution in [0.5, 0.6) is 0 Å². The average Bonchev–Trinajstić information content (AvgIpc) is 2.94. The van der Waals surface area contributed by atoms with Gasteiger partial charge in [-0.3, -0.25) is 9.78 Å². The third kappa shape index (κ3) is 3.88. The quantitative estimate of drug-likeness (QED) is 0.768. The number of hydrogen-bond donors (Lipinski definition) is 1. The highest BCUT2D eigenvalue weighted by atomic mass is 16.4. The lowest BCUT2D eigenvalue weighted by atomic mass is 10.1. The highest BCUT2D eigenvalue weighted by Gasteiger charge is 2.16. The molecule has 0 aliphatic carbocycles. The summed E-state index contributed by atoms with van der Waals surface area (Å²) in [5.74, 6) is 1.14. The first-order valence-corrected chi connectivity index (χ1v) is 8.00. The summed E-state index contributed by atoms with van der Waals surface area (Å²) in [5.41, 5.74) is 3.11. The van der Waals surface area contributed by atoms with E-state index in [4.69, 9.17) is 4.42 Å². The number of rotatable bonds is 5. The molecule has 7 nitrogen and oxygen atoms in total. The van der Waals surface area contributed by atoms with Crippen molar-refractivity contribution in [3.8, 4) is 11.3 Å². The number of amides is 1. The standard InChI is InChI=1S/C18H19N5O2/c1-11-17(25-13(3)22-11)18(24)20-9-7-16-14(10-21-12(2)23-16)15-6-4-5-8-19-15/h4-6,8,10H,7,9H2,1-3H3,(H,20,24). The maximum Gasteiger partial charge on any atom is 0.289 e. The molecule has 3 heterocycles. The van der Waals surface area contributed by atoms with Gasteiger partial charge in [-0.1, -0.05) is 6.07 Å². The first kappa shape index (κ1) is 16.8. The second kappa shape index (κ2) is 7.21. The number of aromatic nitrogens is 4. The number of oxazole rings is 1. The fraction of sp³-hybridized carbons (Fsp3) is 0.278. The number of nitrogens with zero attached hydrogens (tertiary/aromatic N) is 4. The van der Waals surface area contributed by atoms with Crippen molar-refractivity contribution in [1.82, 2.24) is 25.3 Å². The van der Waals surface area contributed by atoms with E-state index in [0.29, 0.717) is 30.4 Å². The van der Waals surface area contributed by atoms with Gasteiger partial charge in [-0.25, -0.2) is 15.0 Å². The smallest absolute Gasteiger partial charge is 0.289 e. The third-order valence-corrected chi connectivity index (χ3v) is 3.69. The zero-order valence-electron chi connectivity index (χ0n) is 14.4. The Balaban J connectivity index is 1.72. The molecular formula is C18H19N5O2. The lowest BCUT2D eigenvalue weighted by Crippen LogP contribution is -2.26. The fourth-order valence-corrected chi connectivity index (χ4v) is 2.56. The first-order chi connectivity index (χ1) is 12.0. The largest absolute Gasteiger partial charge is 0.436 e. The Morgan fingerprint density at radius 3 is 2.68 bits per heavy atom. The zero-order valence-corrected chi connectivity index (χ0v) is 14.4. The van der Waals surface area contributed by atoms with Gasteiger partial charge in [-0.2, -0.15) is 0 Å². The van der Waals surface area contributed by atoms with Crippen LogP contribution in [0.15, 0.2) is 35.0 Å². The molecule has 0 unspecified atom stereocenters. The lowest BCUT2D eigenvalue weighted by molar-refractivity contribution is 0.0924. The van der Waals surface area contributed by atoms with Gasteiger partial charge in [0.25, 0.3) is 5.91 Å². The molecule has 1 N–H and O–H groups in total. The minimum Gasteiger partial charge on any atom is -0.436 e. The van der Waals surface area contributed by atoms with E-state index in [1.54, 1.807) is 26.2 Å². The van der Waals surface area contributed by atoms with Gasteiger partial charge in [-0.05, 0) is 26.0 Å². The van der Waals surface area contributed by atoms with Crippen LogP contribution in [-0.4, -0.2) is 32.4 Å². The van der Waals surface area contributed by atoms with Crippen LogP contribution in [0.4, 0.5) is 0 Å². The molecule has 0 fully saturated rings. The van der Waals surface area contributed by atoms with Crippen molar-refractivity contribution in [3.63, 3.8) is 0 Å². The summed E-state index contributed by atoms with van der Waals surface area (Å²) in [6, 6.07) is 5.69. The molecular weight excluding hydrogens is 318 g/mol. The maximum absolute atomic E-state index is 12.2. The van der Waals surface area contributed by atoms with E-state index in [1.807, 2.05) is 25.1 Å². The molecule has 7 heteroatoms. The number of pyridine rings is 1. The molecule has 0 saturated heterocycles. The number of hydrogen-bond acceptors (Lipinski definition) is 6. The van der Waals surface area contributed by atoms with Crippen molar-refractivity contribution < 1.29 is 9.21 Å². The summed E-state index contributed by atoms with van der Waals surface area (Å²) in [4.78, 5) is 29.4. The highest BCUT2D eigenvalue weighted by molar-refractivity contribution is 5.92. The van der Waals surface area contributed by atoms with Crippen LogP contribution >= 0.6 is 0 Å². The van der Waals surface area contributed by atoms with Gasteiger partial charge in [-0.15, -0.1) is 0 Å². The van der Waals surface area contributed by atoms with Gasteiger partial charge in [0, 0.05) is 37.8 Å². The Hall–Kier alpha value is -3.09. The number of nitrogens with one attached hydrogen (secondary N) is 1. The van der Waals surface area contributed by atoms with Crippen molar-refractivity contribution in [1.29, 1.82) is 0 Å². The molecule has 0 radical (unpaired) electrons. The predicted octanol–water partition coefficient (Wildman–Crippen LogP) is 2.42. The van der Waals surface area contributed by atoms with Gasteiger partial charge >= 0.3 is 0 Å². The Morgan fingerprint density at radius 1 is 1.16 bits per heavy atom. The SMILES string of the molecule is Cc1ncc(-c2ccccn2)c(CCNC(=O)c2oc(C)nc2C)n1. The van der Waals surface area contributed by atoms with Gasteiger partial charge in [0.2, 0.25) is 5.76 Å². The monoisotopic (exact) mass is 337 g/mol. The molecule has 0 aliphatic heterocycles. The van der Waals surface area contributed by atoms with Crippen LogP contribution in [0.2, 0.25) is 0 Å². The molecule has 0 saturated carbocycles. The number of aryl methyl sites for hydroxylation is 3. The van der Waals surface area contributed by atoms with Crippen molar-refractivity contribution in [2.45, 2.75) is 27.2 Å². The third-order valence-electron chi connectivity index (χ3n) is 3.69. The molecule has 0 bridgehead atoms. The molecule has 0 aromatic carbocycles. The van der Waals surface area contributed by atoms with E-state index >= 15 is 0 Å².